The van der Waals surface area contributed by atoms with Crippen molar-refractivity contribution in [1.29, 1.82) is 0 Å². The molecule has 0 saturated heterocycles. The van der Waals surface area contributed by atoms with Crippen molar-refractivity contribution in [2.45, 2.75) is 4.90 Å². The van der Waals surface area contributed by atoms with E-state index in [4.69, 9.17) is 23.2 Å². The third-order valence-corrected chi connectivity index (χ3v) is 4.30. The number of nitrogens with zero attached hydrogens (tertiary/aromatic N) is 2. The zero-order chi connectivity index (χ0) is 14.8. The Hall–Kier alpha value is -1.57. The molecule has 1 aromatic carbocycles. The van der Waals surface area contributed by atoms with Gasteiger partial charge in [-0.05, 0) is 12.1 Å². The lowest BCUT2D eigenvalue weighted by Gasteiger charge is -2.10. The van der Waals surface area contributed by atoms with Gasteiger partial charge in [0.1, 0.15) is 4.90 Å². The summed E-state index contributed by atoms with van der Waals surface area (Å²) in [6, 6.07) is 4.69. The molecule has 0 fully saturated rings. The van der Waals surface area contributed by atoms with Crippen LogP contribution in [-0.2, 0) is 10.0 Å². The molecule has 0 spiro atoms. The molecule has 106 valence electrons. The van der Waals surface area contributed by atoms with Crippen LogP contribution >= 0.6 is 23.2 Å². The maximum Gasteiger partial charge on any atom is 0.265 e. The summed E-state index contributed by atoms with van der Waals surface area (Å²) in [6.07, 6.45) is 2.37. The summed E-state index contributed by atoms with van der Waals surface area (Å²) in [4.78, 5) is 7.59. The molecule has 0 atom stereocenters. The molecule has 0 amide bonds. The van der Waals surface area contributed by atoms with Crippen LogP contribution in [0.4, 0.5) is 11.6 Å². The SMILES string of the molecule is CNc1ncc(S(=O)(=O)Nc2c(Cl)cccc2Cl)cn1. The Balaban J connectivity index is 2.35. The second-order valence-corrected chi connectivity index (χ2v) is 6.19. The molecule has 0 aliphatic heterocycles. The van der Waals surface area contributed by atoms with Crippen molar-refractivity contribution >= 4 is 44.9 Å². The summed E-state index contributed by atoms with van der Waals surface area (Å²) in [5.74, 6) is 0.319. The van der Waals surface area contributed by atoms with Crippen LogP contribution in [0, 0.1) is 0 Å². The second-order valence-electron chi connectivity index (χ2n) is 3.69. The second kappa shape index (κ2) is 5.82. The van der Waals surface area contributed by atoms with Crippen LogP contribution in [-0.4, -0.2) is 25.4 Å². The van der Waals surface area contributed by atoms with Crippen LogP contribution < -0.4 is 10.0 Å². The molecule has 0 saturated carbocycles. The smallest absolute Gasteiger partial charge is 0.265 e. The van der Waals surface area contributed by atoms with Crippen molar-refractivity contribution < 1.29 is 8.42 Å². The number of sulfonamides is 1. The van der Waals surface area contributed by atoms with Crippen molar-refractivity contribution in [2.75, 3.05) is 17.1 Å². The first-order valence-electron chi connectivity index (χ1n) is 5.40. The highest BCUT2D eigenvalue weighted by Gasteiger charge is 2.18. The zero-order valence-electron chi connectivity index (χ0n) is 10.3. The van der Waals surface area contributed by atoms with Crippen LogP contribution in [0.5, 0.6) is 0 Å². The van der Waals surface area contributed by atoms with Gasteiger partial charge in [-0.2, -0.15) is 0 Å². The molecule has 0 radical (unpaired) electrons. The predicted octanol–water partition coefficient (Wildman–Crippen LogP) is 2.63. The van der Waals surface area contributed by atoms with Gasteiger partial charge in [-0.3, -0.25) is 4.72 Å². The van der Waals surface area contributed by atoms with Crippen LogP contribution in [0.3, 0.4) is 0 Å². The molecule has 20 heavy (non-hydrogen) atoms. The molecule has 2 rings (SSSR count). The fourth-order valence-corrected chi connectivity index (χ4v) is 2.97. The average molecular weight is 333 g/mol. The van der Waals surface area contributed by atoms with E-state index in [1.54, 1.807) is 13.1 Å². The first-order chi connectivity index (χ1) is 9.44. The summed E-state index contributed by atoms with van der Waals surface area (Å²) in [6.45, 7) is 0. The predicted molar refractivity (Wildman–Crippen MR) is 78.8 cm³/mol. The molecule has 2 N–H and O–H groups in total. The number of benzene rings is 1. The highest BCUT2D eigenvalue weighted by molar-refractivity contribution is 7.92. The van der Waals surface area contributed by atoms with Crippen LogP contribution in [0.15, 0.2) is 35.5 Å². The van der Waals surface area contributed by atoms with Gasteiger partial charge in [0.15, 0.2) is 0 Å². The lowest BCUT2D eigenvalue weighted by molar-refractivity contribution is 0.600. The lowest BCUT2D eigenvalue weighted by atomic mass is 10.3. The van der Waals surface area contributed by atoms with E-state index >= 15 is 0 Å². The lowest BCUT2D eigenvalue weighted by Crippen LogP contribution is -2.14. The van der Waals surface area contributed by atoms with E-state index in [0.717, 1.165) is 0 Å². The maximum absolute atomic E-state index is 12.2. The van der Waals surface area contributed by atoms with Crippen LogP contribution in [0.2, 0.25) is 10.0 Å². The van der Waals surface area contributed by atoms with Crippen molar-refractivity contribution in [3.05, 3.63) is 40.6 Å². The normalized spacial score (nSPS) is 11.2. The standard InChI is InChI=1S/C11H10Cl2N4O2S/c1-14-11-15-5-7(6-16-11)20(18,19)17-10-8(12)3-2-4-9(10)13/h2-6,17H,1H3,(H,14,15,16). The molecule has 6 nitrogen and oxygen atoms in total. The molecule has 0 bridgehead atoms. The molecule has 0 unspecified atom stereocenters. The quantitative estimate of drug-likeness (QED) is 0.899. The highest BCUT2D eigenvalue weighted by Crippen LogP contribution is 2.31. The van der Waals surface area contributed by atoms with Gasteiger partial charge in [0, 0.05) is 7.05 Å². The summed E-state index contributed by atoms with van der Waals surface area (Å²) >= 11 is 11.8. The molecule has 2 aromatic rings. The topological polar surface area (TPSA) is 84.0 Å². The van der Waals surface area contributed by atoms with Crippen LogP contribution in [0.1, 0.15) is 0 Å². The third kappa shape index (κ3) is 3.12. The minimum atomic E-state index is -3.85. The highest BCUT2D eigenvalue weighted by atomic mass is 35.5. The van der Waals surface area contributed by atoms with E-state index in [9.17, 15) is 8.42 Å². The molecule has 9 heteroatoms. The largest absolute Gasteiger partial charge is 0.357 e. The maximum atomic E-state index is 12.2. The number of hydrogen-bond acceptors (Lipinski definition) is 5. The van der Waals surface area contributed by atoms with Gasteiger partial charge < -0.3 is 5.32 Å². The van der Waals surface area contributed by atoms with E-state index < -0.39 is 10.0 Å². The Kier molecular flexibility index (Phi) is 4.32. The fourth-order valence-electron chi connectivity index (χ4n) is 1.37. The average Bonchev–Trinajstić information content (AvgIpc) is 2.43. The summed E-state index contributed by atoms with van der Waals surface area (Å²) in [5.41, 5.74) is 0.119. The van der Waals surface area contributed by atoms with Crippen molar-refractivity contribution in [1.82, 2.24) is 9.97 Å². The van der Waals surface area contributed by atoms with Gasteiger partial charge in [-0.1, -0.05) is 29.3 Å². The van der Waals surface area contributed by atoms with E-state index in [2.05, 4.69) is 20.0 Å². The number of rotatable bonds is 4. The van der Waals surface area contributed by atoms with Crippen molar-refractivity contribution in [2.24, 2.45) is 0 Å². The summed E-state index contributed by atoms with van der Waals surface area (Å²) < 4.78 is 26.7. The van der Waals surface area contributed by atoms with E-state index in [-0.39, 0.29) is 20.6 Å². The van der Waals surface area contributed by atoms with Gasteiger partial charge in [-0.25, -0.2) is 18.4 Å². The van der Waals surface area contributed by atoms with Crippen molar-refractivity contribution in [3.63, 3.8) is 0 Å². The first-order valence-corrected chi connectivity index (χ1v) is 7.64. The Morgan fingerprint density at radius 1 is 1.10 bits per heavy atom. The molecule has 1 aromatic heterocycles. The van der Waals surface area contributed by atoms with E-state index in [1.165, 1.54) is 24.5 Å². The Morgan fingerprint density at radius 2 is 1.65 bits per heavy atom. The third-order valence-electron chi connectivity index (χ3n) is 2.36. The fraction of sp³-hybridized carbons (Fsp3) is 0.0909. The number of aromatic nitrogens is 2. The summed E-state index contributed by atoms with van der Waals surface area (Å²) in [7, 11) is -2.22. The molecule has 0 aliphatic carbocycles. The van der Waals surface area contributed by atoms with E-state index in [1.807, 2.05) is 0 Å². The van der Waals surface area contributed by atoms with E-state index in [0.29, 0.717) is 5.95 Å². The van der Waals surface area contributed by atoms with Gasteiger partial charge in [0.05, 0.1) is 28.1 Å². The number of hydrogen-bond donors (Lipinski definition) is 2. The van der Waals surface area contributed by atoms with Gasteiger partial charge >= 0.3 is 0 Å². The Labute approximate surface area is 126 Å². The number of anilines is 2. The molecular formula is C11H10Cl2N4O2S. The minimum absolute atomic E-state index is 0.0903. The number of para-hydroxylation sites is 1. The van der Waals surface area contributed by atoms with Gasteiger partial charge in [-0.15, -0.1) is 0 Å². The minimum Gasteiger partial charge on any atom is -0.357 e. The first kappa shape index (κ1) is 14.8. The molecular weight excluding hydrogens is 323 g/mol. The molecule has 0 aliphatic rings. The number of halogens is 2. The Morgan fingerprint density at radius 3 is 2.15 bits per heavy atom. The number of nitrogens with one attached hydrogen (secondary N) is 2. The monoisotopic (exact) mass is 332 g/mol. The van der Waals surface area contributed by atoms with Crippen molar-refractivity contribution in [3.8, 4) is 0 Å². The van der Waals surface area contributed by atoms with Gasteiger partial charge in [0.25, 0.3) is 10.0 Å². The van der Waals surface area contributed by atoms with Gasteiger partial charge in [0.2, 0.25) is 5.95 Å². The molecule has 1 heterocycles. The summed E-state index contributed by atoms with van der Waals surface area (Å²) in [5, 5.41) is 3.10. The zero-order valence-corrected chi connectivity index (χ0v) is 12.6. The Bertz CT molecular complexity index is 699. The van der Waals surface area contributed by atoms with Crippen LogP contribution in [0.25, 0.3) is 0 Å².